The molecule has 0 aromatic carbocycles. The van der Waals surface area contributed by atoms with Crippen molar-refractivity contribution in [2.75, 3.05) is 0 Å². The first-order chi connectivity index (χ1) is 6.75. The fourth-order valence-electron chi connectivity index (χ4n) is 2.09. The van der Waals surface area contributed by atoms with E-state index in [4.69, 9.17) is 11.6 Å². The van der Waals surface area contributed by atoms with Gasteiger partial charge in [-0.1, -0.05) is 6.42 Å². The summed E-state index contributed by atoms with van der Waals surface area (Å²) >= 11 is 9.67. The van der Waals surface area contributed by atoms with Gasteiger partial charge in [-0.3, -0.25) is 4.98 Å². The number of nitrogens with zero attached hydrogens (tertiary/aromatic N) is 1. The largest absolute Gasteiger partial charge is 0.263 e. The van der Waals surface area contributed by atoms with Crippen LogP contribution in [0.2, 0.25) is 0 Å². The molecule has 1 aromatic heterocycles. The Morgan fingerprint density at radius 3 is 2.93 bits per heavy atom. The van der Waals surface area contributed by atoms with Crippen LogP contribution in [0.25, 0.3) is 0 Å². The van der Waals surface area contributed by atoms with Crippen LogP contribution in [0.5, 0.6) is 0 Å². The zero-order valence-electron chi connectivity index (χ0n) is 7.92. The van der Waals surface area contributed by atoms with E-state index in [9.17, 15) is 0 Å². The second-order valence-electron chi connectivity index (χ2n) is 3.92. The zero-order chi connectivity index (χ0) is 9.97. The summed E-state index contributed by atoms with van der Waals surface area (Å²) < 4.78 is 1.05. The van der Waals surface area contributed by atoms with Crippen molar-refractivity contribution in [2.45, 2.75) is 31.1 Å². The third-order valence-corrected chi connectivity index (χ3v) is 3.83. The minimum Gasteiger partial charge on any atom is -0.263 e. The molecule has 0 N–H and O–H groups in total. The summed E-state index contributed by atoms with van der Waals surface area (Å²) in [5.74, 6) is 0.646. The molecule has 1 aliphatic rings. The summed E-state index contributed by atoms with van der Waals surface area (Å²) in [7, 11) is 0. The van der Waals surface area contributed by atoms with Crippen molar-refractivity contribution in [2.24, 2.45) is 5.92 Å². The summed E-state index contributed by atoms with van der Waals surface area (Å²) in [5.41, 5.74) is 1.29. The highest BCUT2D eigenvalue weighted by Gasteiger charge is 2.25. The van der Waals surface area contributed by atoms with Gasteiger partial charge in [0, 0.05) is 22.2 Å². The minimum absolute atomic E-state index is 0.369. The molecule has 76 valence electrons. The fourth-order valence-corrected chi connectivity index (χ4v) is 2.87. The van der Waals surface area contributed by atoms with E-state index in [1.165, 1.54) is 24.8 Å². The van der Waals surface area contributed by atoms with Crippen molar-refractivity contribution in [3.05, 3.63) is 28.5 Å². The second kappa shape index (κ2) is 4.63. The minimum atomic E-state index is 0.369. The third kappa shape index (κ3) is 2.48. The number of pyridine rings is 1. The van der Waals surface area contributed by atoms with E-state index in [1.54, 1.807) is 0 Å². The van der Waals surface area contributed by atoms with Crippen LogP contribution in [-0.2, 0) is 6.42 Å². The van der Waals surface area contributed by atoms with Gasteiger partial charge in [0.1, 0.15) is 0 Å². The molecule has 1 nitrogen and oxygen atoms in total. The molecular formula is C11H13BrClN. The van der Waals surface area contributed by atoms with Gasteiger partial charge in [0.15, 0.2) is 0 Å². The van der Waals surface area contributed by atoms with Gasteiger partial charge in [0.05, 0.1) is 0 Å². The topological polar surface area (TPSA) is 12.9 Å². The van der Waals surface area contributed by atoms with Gasteiger partial charge in [-0.05, 0) is 52.7 Å². The first-order valence-corrected chi connectivity index (χ1v) is 6.22. The van der Waals surface area contributed by atoms with Crippen molar-refractivity contribution in [3.63, 3.8) is 0 Å². The summed E-state index contributed by atoms with van der Waals surface area (Å²) in [6, 6.07) is 2.13. The van der Waals surface area contributed by atoms with Crippen molar-refractivity contribution >= 4 is 27.5 Å². The maximum Gasteiger partial charge on any atom is 0.0410 e. The van der Waals surface area contributed by atoms with Crippen LogP contribution < -0.4 is 0 Å². The van der Waals surface area contributed by atoms with Crippen LogP contribution >= 0.6 is 27.5 Å². The summed E-state index contributed by atoms with van der Waals surface area (Å²) in [4.78, 5) is 4.16. The summed E-state index contributed by atoms with van der Waals surface area (Å²) in [6.07, 6.45) is 8.54. The van der Waals surface area contributed by atoms with E-state index in [0.29, 0.717) is 11.3 Å². The molecule has 1 saturated carbocycles. The summed E-state index contributed by atoms with van der Waals surface area (Å²) in [6.45, 7) is 0. The number of rotatable bonds is 2. The van der Waals surface area contributed by atoms with Crippen molar-refractivity contribution in [1.29, 1.82) is 0 Å². The van der Waals surface area contributed by atoms with Gasteiger partial charge in [-0.2, -0.15) is 0 Å². The van der Waals surface area contributed by atoms with E-state index in [-0.39, 0.29) is 0 Å². The molecule has 0 amide bonds. The van der Waals surface area contributed by atoms with E-state index >= 15 is 0 Å². The third-order valence-electron chi connectivity index (χ3n) is 2.83. The van der Waals surface area contributed by atoms with Crippen LogP contribution in [0.3, 0.4) is 0 Å². The Labute approximate surface area is 98.0 Å². The highest BCUT2D eigenvalue weighted by atomic mass is 79.9. The Morgan fingerprint density at radius 1 is 1.43 bits per heavy atom. The van der Waals surface area contributed by atoms with Crippen LogP contribution in [0.1, 0.15) is 24.8 Å². The molecule has 3 heteroatoms. The molecule has 0 spiro atoms. The molecule has 0 bridgehead atoms. The van der Waals surface area contributed by atoms with Gasteiger partial charge in [-0.25, -0.2) is 0 Å². The molecule has 1 aliphatic carbocycles. The van der Waals surface area contributed by atoms with E-state index in [2.05, 4.69) is 27.0 Å². The number of aromatic nitrogens is 1. The predicted octanol–water partition coefficient (Wildman–Crippen LogP) is 3.79. The fraction of sp³-hybridized carbons (Fsp3) is 0.545. The van der Waals surface area contributed by atoms with Crippen LogP contribution in [-0.4, -0.2) is 10.4 Å². The smallest absolute Gasteiger partial charge is 0.0410 e. The monoisotopic (exact) mass is 273 g/mol. The van der Waals surface area contributed by atoms with Crippen molar-refractivity contribution < 1.29 is 0 Å². The Hall–Kier alpha value is -0.0800. The Balaban J connectivity index is 2.03. The first kappa shape index (κ1) is 10.4. The van der Waals surface area contributed by atoms with Gasteiger partial charge >= 0.3 is 0 Å². The van der Waals surface area contributed by atoms with E-state index in [1.807, 2.05) is 12.4 Å². The van der Waals surface area contributed by atoms with E-state index < -0.39 is 0 Å². The maximum atomic E-state index is 6.24. The molecule has 2 unspecified atom stereocenters. The molecule has 1 heterocycles. The molecule has 14 heavy (non-hydrogen) atoms. The Morgan fingerprint density at radius 2 is 2.29 bits per heavy atom. The lowest BCUT2D eigenvalue weighted by atomic mass is 9.99. The Bertz CT molecular complexity index is 316. The van der Waals surface area contributed by atoms with Gasteiger partial charge in [-0.15, -0.1) is 11.6 Å². The van der Waals surface area contributed by atoms with Crippen molar-refractivity contribution in [1.82, 2.24) is 4.98 Å². The van der Waals surface area contributed by atoms with Gasteiger partial charge < -0.3 is 0 Å². The second-order valence-corrected chi connectivity index (χ2v) is 5.40. The molecule has 0 radical (unpaired) electrons. The lowest BCUT2D eigenvalue weighted by Crippen LogP contribution is -2.10. The SMILES string of the molecule is ClC1CCCC1Cc1cncc(Br)c1. The number of hydrogen-bond donors (Lipinski definition) is 0. The molecule has 2 rings (SSSR count). The number of alkyl halides is 1. The molecule has 2 atom stereocenters. The standard InChI is InChI=1S/C11H13BrClN/c12-10-5-8(6-14-7-10)4-9-2-1-3-11(9)13/h5-7,9,11H,1-4H2. The van der Waals surface area contributed by atoms with Crippen LogP contribution in [0.15, 0.2) is 22.9 Å². The Kier molecular flexibility index (Phi) is 3.45. The normalized spacial score (nSPS) is 26.7. The maximum absolute atomic E-state index is 6.24. The summed E-state index contributed by atoms with van der Waals surface area (Å²) in [5, 5.41) is 0.369. The molecule has 0 saturated heterocycles. The lowest BCUT2D eigenvalue weighted by Gasteiger charge is -2.13. The van der Waals surface area contributed by atoms with Crippen LogP contribution in [0, 0.1) is 5.92 Å². The molecule has 1 aromatic rings. The number of hydrogen-bond acceptors (Lipinski definition) is 1. The first-order valence-electron chi connectivity index (χ1n) is 4.99. The predicted molar refractivity (Wildman–Crippen MR) is 62.6 cm³/mol. The quantitative estimate of drug-likeness (QED) is 0.748. The van der Waals surface area contributed by atoms with E-state index in [0.717, 1.165) is 10.9 Å². The molecule has 1 fully saturated rings. The average Bonchev–Trinajstić information content (AvgIpc) is 2.52. The highest BCUT2D eigenvalue weighted by Crippen LogP contribution is 2.32. The molecular weight excluding hydrogens is 261 g/mol. The van der Waals surface area contributed by atoms with Gasteiger partial charge in [0.25, 0.3) is 0 Å². The van der Waals surface area contributed by atoms with Crippen molar-refractivity contribution in [3.8, 4) is 0 Å². The zero-order valence-corrected chi connectivity index (χ0v) is 10.3. The number of halogens is 2. The molecule has 0 aliphatic heterocycles. The average molecular weight is 275 g/mol. The lowest BCUT2D eigenvalue weighted by molar-refractivity contribution is 0.551. The highest BCUT2D eigenvalue weighted by molar-refractivity contribution is 9.10. The van der Waals surface area contributed by atoms with Crippen LogP contribution in [0.4, 0.5) is 0 Å². The van der Waals surface area contributed by atoms with Gasteiger partial charge in [0.2, 0.25) is 0 Å².